The van der Waals surface area contributed by atoms with E-state index in [-0.39, 0.29) is 12.3 Å². The molecule has 4 heteroatoms. The Kier molecular flexibility index (Phi) is 3.25. The zero-order chi connectivity index (χ0) is 15.9. The fraction of sp³-hybridized carbons (Fsp3) is 0.250. The Bertz CT molecular complexity index is 881. The van der Waals surface area contributed by atoms with Crippen LogP contribution in [0.1, 0.15) is 23.4 Å². The first-order valence-electron chi connectivity index (χ1n) is 8.32. The molecule has 1 aromatic heterocycles. The van der Waals surface area contributed by atoms with Crippen LogP contribution in [0.4, 0.5) is 0 Å². The van der Waals surface area contributed by atoms with E-state index in [0.29, 0.717) is 19.1 Å². The molecular weight excluding hydrogens is 300 g/mol. The van der Waals surface area contributed by atoms with Crippen LogP contribution in [0.3, 0.4) is 0 Å². The largest absolute Gasteiger partial charge is 0.493 e. The van der Waals surface area contributed by atoms with Crippen molar-refractivity contribution in [1.82, 2.24) is 10.3 Å². The van der Waals surface area contributed by atoms with Gasteiger partial charge in [-0.3, -0.25) is 10.3 Å². The van der Waals surface area contributed by atoms with Crippen LogP contribution in [-0.4, -0.2) is 18.2 Å². The van der Waals surface area contributed by atoms with Gasteiger partial charge < -0.3 is 9.47 Å². The van der Waals surface area contributed by atoms with E-state index in [2.05, 4.69) is 46.7 Å². The molecule has 0 spiro atoms. The number of fused-ring (bicyclic) bond motifs is 5. The molecule has 1 fully saturated rings. The highest BCUT2D eigenvalue weighted by molar-refractivity contribution is 5.88. The number of hydrogen-bond acceptors (Lipinski definition) is 4. The molecular formula is C20H18N2O2. The van der Waals surface area contributed by atoms with Crippen LogP contribution in [0, 0.1) is 5.92 Å². The van der Waals surface area contributed by atoms with Crippen LogP contribution in [0.15, 0.2) is 60.9 Å². The zero-order valence-electron chi connectivity index (χ0n) is 13.2. The second-order valence-corrected chi connectivity index (χ2v) is 6.41. The van der Waals surface area contributed by atoms with Crippen molar-refractivity contribution in [1.29, 1.82) is 0 Å². The van der Waals surface area contributed by atoms with Crippen molar-refractivity contribution in [2.24, 2.45) is 5.92 Å². The van der Waals surface area contributed by atoms with E-state index in [0.717, 1.165) is 11.3 Å². The smallest absolute Gasteiger partial charge is 0.136 e. The Balaban J connectivity index is 1.59. The van der Waals surface area contributed by atoms with Gasteiger partial charge in [-0.05, 0) is 22.9 Å². The normalized spacial score (nSPS) is 25.6. The molecule has 2 aromatic carbocycles. The summed E-state index contributed by atoms with van der Waals surface area (Å²) in [7, 11) is 0. The number of nitrogens with one attached hydrogen (secondary N) is 1. The van der Waals surface area contributed by atoms with Gasteiger partial charge in [0.05, 0.1) is 13.2 Å². The summed E-state index contributed by atoms with van der Waals surface area (Å²) in [6, 6.07) is 16.9. The third kappa shape index (κ3) is 2.19. The van der Waals surface area contributed by atoms with Gasteiger partial charge in [-0.25, -0.2) is 0 Å². The Morgan fingerprint density at radius 2 is 1.96 bits per heavy atom. The van der Waals surface area contributed by atoms with Crippen molar-refractivity contribution in [2.45, 2.75) is 12.3 Å². The third-order valence-corrected chi connectivity index (χ3v) is 4.96. The highest BCUT2D eigenvalue weighted by Crippen LogP contribution is 2.43. The lowest BCUT2D eigenvalue weighted by molar-refractivity contribution is -0.0709. The van der Waals surface area contributed by atoms with Crippen LogP contribution in [0.5, 0.6) is 5.75 Å². The van der Waals surface area contributed by atoms with Gasteiger partial charge in [-0.2, -0.15) is 0 Å². The first kappa shape index (κ1) is 14.0. The first-order valence-corrected chi connectivity index (χ1v) is 8.32. The van der Waals surface area contributed by atoms with Gasteiger partial charge in [0.2, 0.25) is 0 Å². The molecule has 1 saturated heterocycles. The summed E-state index contributed by atoms with van der Waals surface area (Å²) in [5.41, 5.74) is 2.31. The zero-order valence-corrected chi connectivity index (χ0v) is 13.2. The fourth-order valence-electron chi connectivity index (χ4n) is 3.77. The lowest BCUT2D eigenvalue weighted by Crippen LogP contribution is -2.45. The molecule has 3 aromatic rings. The van der Waals surface area contributed by atoms with Crippen LogP contribution in [-0.2, 0) is 4.74 Å². The average molecular weight is 318 g/mol. The van der Waals surface area contributed by atoms with E-state index >= 15 is 0 Å². The Morgan fingerprint density at radius 1 is 1.00 bits per heavy atom. The second kappa shape index (κ2) is 5.58. The molecule has 0 amide bonds. The molecule has 4 nitrogen and oxygen atoms in total. The van der Waals surface area contributed by atoms with Crippen LogP contribution in [0.25, 0.3) is 10.8 Å². The van der Waals surface area contributed by atoms with E-state index in [4.69, 9.17) is 9.47 Å². The maximum Gasteiger partial charge on any atom is 0.136 e. The predicted octanol–water partition coefficient (Wildman–Crippen LogP) is 3.60. The monoisotopic (exact) mass is 318 g/mol. The van der Waals surface area contributed by atoms with Gasteiger partial charge in [0.15, 0.2) is 0 Å². The van der Waals surface area contributed by atoms with Crippen molar-refractivity contribution in [3.63, 3.8) is 0 Å². The molecule has 0 unspecified atom stereocenters. The molecule has 2 aliphatic rings. The number of pyridine rings is 1. The first-order chi connectivity index (χ1) is 11.9. The van der Waals surface area contributed by atoms with Gasteiger partial charge in [-0.1, -0.05) is 36.4 Å². The quantitative estimate of drug-likeness (QED) is 0.744. The highest BCUT2D eigenvalue weighted by atomic mass is 16.5. The SMILES string of the molecule is c1cncc([C@@H]2N[C@@H]3c4c(ccc5ccccc45)OC[C@H]3CO2)c1. The van der Waals surface area contributed by atoms with Crippen LogP contribution < -0.4 is 10.1 Å². The molecule has 0 radical (unpaired) electrons. The summed E-state index contributed by atoms with van der Waals surface area (Å²) < 4.78 is 12.0. The molecule has 1 N–H and O–H groups in total. The van der Waals surface area contributed by atoms with Crippen LogP contribution >= 0.6 is 0 Å². The minimum atomic E-state index is -0.134. The molecule has 120 valence electrons. The fourth-order valence-corrected chi connectivity index (χ4v) is 3.77. The van der Waals surface area contributed by atoms with Gasteiger partial charge in [0.25, 0.3) is 0 Å². The van der Waals surface area contributed by atoms with Crippen molar-refractivity contribution in [2.75, 3.05) is 13.2 Å². The van der Waals surface area contributed by atoms with Crippen LogP contribution in [0.2, 0.25) is 0 Å². The van der Waals surface area contributed by atoms with Gasteiger partial charge in [-0.15, -0.1) is 0 Å². The Hall–Kier alpha value is -2.43. The topological polar surface area (TPSA) is 43.4 Å². The minimum Gasteiger partial charge on any atom is -0.493 e. The summed E-state index contributed by atoms with van der Waals surface area (Å²) in [5, 5.41) is 6.17. The number of hydrogen-bond donors (Lipinski definition) is 1. The van der Waals surface area contributed by atoms with E-state index in [1.54, 1.807) is 6.20 Å². The van der Waals surface area contributed by atoms with Crippen molar-refractivity contribution in [3.8, 4) is 5.75 Å². The predicted molar refractivity (Wildman–Crippen MR) is 91.7 cm³/mol. The van der Waals surface area contributed by atoms with Crippen molar-refractivity contribution < 1.29 is 9.47 Å². The molecule has 3 atom stereocenters. The number of benzene rings is 2. The summed E-state index contributed by atoms with van der Waals surface area (Å²) in [5.74, 6) is 1.30. The molecule has 0 saturated carbocycles. The summed E-state index contributed by atoms with van der Waals surface area (Å²) >= 11 is 0. The van der Waals surface area contributed by atoms with Crippen molar-refractivity contribution >= 4 is 10.8 Å². The molecule has 0 bridgehead atoms. The number of nitrogens with zero attached hydrogens (tertiary/aromatic N) is 1. The number of ether oxygens (including phenoxy) is 2. The molecule has 24 heavy (non-hydrogen) atoms. The average Bonchev–Trinajstić information content (AvgIpc) is 2.67. The summed E-state index contributed by atoms with van der Waals surface area (Å²) in [6.45, 7) is 1.36. The molecule has 5 rings (SSSR count). The molecule has 0 aliphatic carbocycles. The molecule has 3 heterocycles. The lowest BCUT2D eigenvalue weighted by atomic mass is 9.86. The van der Waals surface area contributed by atoms with Crippen molar-refractivity contribution in [3.05, 3.63) is 72.1 Å². The second-order valence-electron chi connectivity index (χ2n) is 6.41. The highest BCUT2D eigenvalue weighted by Gasteiger charge is 2.38. The summed E-state index contributed by atoms with van der Waals surface area (Å²) in [4.78, 5) is 4.21. The third-order valence-electron chi connectivity index (χ3n) is 4.96. The van der Waals surface area contributed by atoms with Gasteiger partial charge >= 0.3 is 0 Å². The minimum absolute atomic E-state index is 0.134. The van der Waals surface area contributed by atoms with Gasteiger partial charge in [0.1, 0.15) is 12.0 Å². The standard InChI is InChI=1S/C20H18N2O2/c1-2-6-16-13(4-1)7-8-17-18(16)19-15(11-23-17)12-24-20(22-19)14-5-3-9-21-10-14/h1-10,15,19-20,22H,11-12H2/t15-,19-,20+/m0/s1. The van der Waals surface area contributed by atoms with E-state index in [1.165, 1.54) is 16.3 Å². The van der Waals surface area contributed by atoms with E-state index < -0.39 is 0 Å². The Labute approximate surface area is 140 Å². The van der Waals surface area contributed by atoms with E-state index in [1.807, 2.05) is 18.3 Å². The van der Waals surface area contributed by atoms with Gasteiger partial charge in [0, 0.05) is 35.5 Å². The number of aromatic nitrogens is 1. The molecule has 2 aliphatic heterocycles. The lowest BCUT2D eigenvalue weighted by Gasteiger charge is -2.41. The Morgan fingerprint density at radius 3 is 2.88 bits per heavy atom. The number of rotatable bonds is 1. The maximum absolute atomic E-state index is 6.03. The van der Waals surface area contributed by atoms with E-state index in [9.17, 15) is 0 Å². The maximum atomic E-state index is 6.03. The summed E-state index contributed by atoms with van der Waals surface area (Å²) in [6.07, 6.45) is 3.51.